The fraction of sp³-hybridized carbons (Fsp3) is 0.261. The molecule has 0 spiro atoms. The van der Waals surface area contributed by atoms with Gasteiger partial charge in [0.1, 0.15) is 17.8 Å². The Morgan fingerprint density at radius 1 is 1.25 bits per heavy atom. The van der Waals surface area contributed by atoms with Gasteiger partial charge in [0.05, 0.1) is 5.39 Å². The molecule has 32 heavy (non-hydrogen) atoms. The van der Waals surface area contributed by atoms with Gasteiger partial charge in [-0.15, -0.1) is 0 Å². The molecule has 9 heteroatoms. The van der Waals surface area contributed by atoms with Crippen LogP contribution in [-0.4, -0.2) is 48.6 Å². The summed E-state index contributed by atoms with van der Waals surface area (Å²) in [5.74, 6) is 1.59. The third-order valence-corrected chi connectivity index (χ3v) is 6.06. The van der Waals surface area contributed by atoms with Gasteiger partial charge in [0.25, 0.3) is 0 Å². The molecule has 4 aromatic rings. The molecule has 4 heterocycles. The van der Waals surface area contributed by atoms with Crippen molar-refractivity contribution in [1.82, 2.24) is 29.6 Å². The molecule has 0 bridgehead atoms. The first kappa shape index (κ1) is 19.9. The Labute approximate surface area is 184 Å². The molecule has 1 fully saturated rings. The molecule has 5 rings (SSSR count). The predicted molar refractivity (Wildman–Crippen MR) is 121 cm³/mol. The number of likely N-dealkylation sites (tertiary alicyclic amines) is 1. The van der Waals surface area contributed by atoms with E-state index in [2.05, 4.69) is 31.3 Å². The number of hydrogen-bond acceptors (Lipinski definition) is 7. The monoisotopic (exact) mass is 429 g/mol. The van der Waals surface area contributed by atoms with Crippen LogP contribution >= 0.6 is 0 Å². The second-order valence-electron chi connectivity index (χ2n) is 7.97. The Morgan fingerprint density at radius 3 is 2.69 bits per heavy atom. The van der Waals surface area contributed by atoms with Gasteiger partial charge >= 0.3 is 0 Å². The zero-order valence-electron chi connectivity index (χ0n) is 17.9. The Bertz CT molecular complexity index is 1340. The van der Waals surface area contributed by atoms with Crippen LogP contribution in [0.3, 0.4) is 0 Å². The average molecular weight is 429 g/mol. The van der Waals surface area contributed by atoms with Crippen molar-refractivity contribution in [2.75, 3.05) is 18.8 Å². The molecule has 1 aromatic carbocycles. The smallest absolute Gasteiger partial charge is 0.245 e. The minimum absolute atomic E-state index is 0.0492. The van der Waals surface area contributed by atoms with Crippen LogP contribution in [0.15, 0.2) is 47.8 Å². The number of carbonyl (C=O) groups excluding carboxylic acids is 1. The summed E-state index contributed by atoms with van der Waals surface area (Å²) < 4.78 is 7.17. The topological polar surface area (TPSA) is 116 Å². The van der Waals surface area contributed by atoms with Gasteiger partial charge in [0.15, 0.2) is 0 Å². The quantitative estimate of drug-likeness (QED) is 0.496. The lowest BCUT2D eigenvalue weighted by molar-refractivity contribution is -0.125. The van der Waals surface area contributed by atoms with Crippen LogP contribution < -0.4 is 5.73 Å². The number of fused-ring (bicyclic) bond motifs is 1. The van der Waals surface area contributed by atoms with E-state index in [0.29, 0.717) is 30.6 Å². The highest BCUT2D eigenvalue weighted by atomic mass is 16.5. The summed E-state index contributed by atoms with van der Waals surface area (Å²) in [5, 5.41) is 4.82. The largest absolute Gasteiger partial charge is 0.383 e. The number of rotatable bonds is 4. The highest BCUT2D eigenvalue weighted by molar-refractivity contribution is 6.02. The van der Waals surface area contributed by atoms with E-state index in [9.17, 15) is 4.79 Å². The molecule has 1 atom stereocenters. The number of aromatic nitrogens is 5. The van der Waals surface area contributed by atoms with Gasteiger partial charge in [-0.3, -0.25) is 4.79 Å². The minimum Gasteiger partial charge on any atom is -0.383 e. The lowest BCUT2D eigenvalue weighted by Crippen LogP contribution is -2.26. The lowest BCUT2D eigenvalue weighted by atomic mass is 9.94. The summed E-state index contributed by atoms with van der Waals surface area (Å²) >= 11 is 0. The Kier molecular flexibility index (Phi) is 4.73. The number of nitrogens with two attached hydrogens (primary N) is 1. The molecule has 2 N–H and O–H groups in total. The van der Waals surface area contributed by atoms with E-state index in [1.54, 1.807) is 6.92 Å². The van der Waals surface area contributed by atoms with E-state index in [0.717, 1.165) is 39.8 Å². The van der Waals surface area contributed by atoms with Crippen LogP contribution in [0, 0.1) is 6.92 Å². The molecule has 3 aromatic heterocycles. The van der Waals surface area contributed by atoms with Gasteiger partial charge in [-0.1, -0.05) is 36.0 Å². The zero-order valence-corrected chi connectivity index (χ0v) is 17.9. The lowest BCUT2D eigenvalue weighted by Gasteiger charge is -2.17. The Morgan fingerprint density at radius 2 is 2.00 bits per heavy atom. The van der Waals surface area contributed by atoms with Gasteiger partial charge in [-0.05, 0) is 18.1 Å². The van der Waals surface area contributed by atoms with Crippen molar-refractivity contribution in [2.45, 2.75) is 19.3 Å². The van der Waals surface area contributed by atoms with Crippen LogP contribution in [0.5, 0.6) is 0 Å². The van der Waals surface area contributed by atoms with Crippen molar-refractivity contribution in [2.24, 2.45) is 7.05 Å². The third kappa shape index (κ3) is 3.13. The van der Waals surface area contributed by atoms with E-state index in [4.69, 9.17) is 10.3 Å². The molecule has 0 radical (unpaired) electrons. The first-order chi connectivity index (χ1) is 15.5. The molecular formula is C23H23N7O2. The maximum Gasteiger partial charge on any atom is 0.245 e. The molecule has 1 saturated heterocycles. The van der Waals surface area contributed by atoms with Gasteiger partial charge in [0.2, 0.25) is 17.6 Å². The van der Waals surface area contributed by atoms with Gasteiger partial charge < -0.3 is 19.7 Å². The number of nitrogens with zero attached hydrogens (tertiary/aromatic N) is 6. The van der Waals surface area contributed by atoms with Crippen molar-refractivity contribution in [3.05, 3.63) is 54.8 Å². The summed E-state index contributed by atoms with van der Waals surface area (Å²) in [7, 11) is 1.99. The number of hydrogen-bond donors (Lipinski definition) is 1. The fourth-order valence-corrected chi connectivity index (χ4v) is 4.58. The van der Waals surface area contributed by atoms with E-state index in [1.165, 1.54) is 12.4 Å². The standard InChI is InChI=1S/C23H23N7O2/c1-4-17(31)30-10-9-16(11-30)20-18(19-21(24)25-12-26-23(19)29(20)3)14-5-7-15(8-6-14)22-27-13(2)32-28-22/h4-8,12,16H,1,9-11H2,2-3H3,(H2,24,25,26). The maximum atomic E-state index is 12.2. The van der Waals surface area contributed by atoms with Gasteiger partial charge in [0, 0.05) is 49.8 Å². The summed E-state index contributed by atoms with van der Waals surface area (Å²) in [5.41, 5.74) is 11.0. The van der Waals surface area contributed by atoms with Crippen LogP contribution in [0.2, 0.25) is 0 Å². The first-order valence-electron chi connectivity index (χ1n) is 10.4. The van der Waals surface area contributed by atoms with E-state index in [-0.39, 0.29) is 11.8 Å². The maximum absolute atomic E-state index is 12.2. The number of carbonyl (C=O) groups is 1. The minimum atomic E-state index is -0.0492. The second-order valence-corrected chi connectivity index (χ2v) is 7.97. The van der Waals surface area contributed by atoms with Crippen LogP contribution in [-0.2, 0) is 11.8 Å². The Hall–Kier alpha value is -4.01. The van der Waals surface area contributed by atoms with E-state index < -0.39 is 0 Å². The molecule has 1 aliphatic heterocycles. The van der Waals surface area contributed by atoms with Crippen molar-refractivity contribution in [3.63, 3.8) is 0 Å². The normalized spacial score (nSPS) is 16.1. The third-order valence-electron chi connectivity index (χ3n) is 6.06. The number of nitrogen functional groups attached to an aromatic ring is 1. The summed E-state index contributed by atoms with van der Waals surface area (Å²) in [6, 6.07) is 7.97. The van der Waals surface area contributed by atoms with Crippen molar-refractivity contribution < 1.29 is 9.32 Å². The van der Waals surface area contributed by atoms with E-state index >= 15 is 0 Å². The molecule has 162 valence electrons. The second kappa shape index (κ2) is 7.60. The predicted octanol–water partition coefficient (Wildman–Crippen LogP) is 3.08. The molecule has 1 aliphatic rings. The molecular weight excluding hydrogens is 406 g/mol. The SMILES string of the molecule is C=CC(=O)N1CCC(c2c(-c3ccc(-c4noc(C)n4)cc3)c3c(N)ncnc3n2C)C1. The van der Waals surface area contributed by atoms with Crippen LogP contribution in [0.4, 0.5) is 5.82 Å². The number of aryl methyl sites for hydroxylation is 2. The van der Waals surface area contributed by atoms with Gasteiger partial charge in [-0.2, -0.15) is 4.98 Å². The highest BCUT2D eigenvalue weighted by Crippen LogP contribution is 2.42. The summed E-state index contributed by atoms with van der Waals surface area (Å²) in [6.45, 7) is 6.69. The molecule has 1 amide bonds. The molecule has 0 saturated carbocycles. The molecule has 1 unspecified atom stereocenters. The average Bonchev–Trinajstić information content (AvgIpc) is 3.52. The Balaban J connectivity index is 1.64. The van der Waals surface area contributed by atoms with Crippen LogP contribution in [0.1, 0.15) is 23.9 Å². The van der Waals surface area contributed by atoms with E-state index in [1.807, 2.05) is 36.2 Å². The van der Waals surface area contributed by atoms with Crippen molar-refractivity contribution >= 4 is 22.8 Å². The summed E-state index contributed by atoms with van der Waals surface area (Å²) in [4.78, 5) is 27.0. The fourth-order valence-electron chi connectivity index (χ4n) is 4.58. The van der Waals surface area contributed by atoms with Crippen molar-refractivity contribution in [3.8, 4) is 22.5 Å². The molecule has 0 aliphatic carbocycles. The van der Waals surface area contributed by atoms with Crippen molar-refractivity contribution in [1.29, 1.82) is 0 Å². The van der Waals surface area contributed by atoms with Gasteiger partial charge in [-0.25, -0.2) is 9.97 Å². The summed E-state index contributed by atoms with van der Waals surface area (Å²) in [6.07, 6.45) is 3.70. The number of amides is 1. The number of benzene rings is 1. The zero-order chi connectivity index (χ0) is 22.4. The molecule has 9 nitrogen and oxygen atoms in total. The first-order valence-corrected chi connectivity index (χ1v) is 10.4. The highest BCUT2D eigenvalue weighted by Gasteiger charge is 2.32. The van der Waals surface area contributed by atoms with Crippen LogP contribution in [0.25, 0.3) is 33.5 Å². The number of anilines is 1.